The summed E-state index contributed by atoms with van der Waals surface area (Å²) in [7, 11) is 3.29. The van der Waals surface area contributed by atoms with Gasteiger partial charge in [0.1, 0.15) is 12.2 Å². The van der Waals surface area contributed by atoms with Gasteiger partial charge in [-0.1, -0.05) is 6.07 Å². The SMILES string of the molecule is COCCOC1C(N)CC1Oc1ccc(C)cc1OC. The molecule has 0 bridgehead atoms. The largest absolute Gasteiger partial charge is 0.493 e. The van der Waals surface area contributed by atoms with Crippen molar-refractivity contribution >= 4 is 0 Å². The molecule has 2 rings (SSSR count). The summed E-state index contributed by atoms with van der Waals surface area (Å²) in [6, 6.07) is 5.89. The molecule has 5 heteroatoms. The minimum absolute atomic E-state index is 0.0216. The molecule has 0 amide bonds. The molecule has 0 saturated heterocycles. The van der Waals surface area contributed by atoms with Crippen molar-refractivity contribution in [3.8, 4) is 11.5 Å². The number of aryl methyl sites for hydroxylation is 1. The summed E-state index contributed by atoms with van der Waals surface area (Å²) < 4.78 is 22.0. The van der Waals surface area contributed by atoms with Crippen LogP contribution < -0.4 is 15.2 Å². The zero-order valence-corrected chi connectivity index (χ0v) is 12.3. The molecule has 0 spiro atoms. The van der Waals surface area contributed by atoms with Crippen LogP contribution in [0, 0.1) is 6.92 Å². The Balaban J connectivity index is 1.95. The lowest BCUT2D eigenvalue weighted by Crippen LogP contribution is -2.59. The Kier molecular flexibility index (Phi) is 5.23. The van der Waals surface area contributed by atoms with Gasteiger partial charge in [0.2, 0.25) is 0 Å². The number of hydrogen-bond donors (Lipinski definition) is 1. The quantitative estimate of drug-likeness (QED) is 0.768. The molecule has 0 heterocycles. The van der Waals surface area contributed by atoms with Gasteiger partial charge in [0.05, 0.1) is 20.3 Å². The van der Waals surface area contributed by atoms with Crippen LogP contribution >= 0.6 is 0 Å². The van der Waals surface area contributed by atoms with E-state index in [1.54, 1.807) is 14.2 Å². The molecule has 1 aromatic carbocycles. The zero-order chi connectivity index (χ0) is 14.5. The van der Waals surface area contributed by atoms with Crippen LogP contribution in [0.1, 0.15) is 12.0 Å². The van der Waals surface area contributed by atoms with Crippen molar-refractivity contribution in [1.82, 2.24) is 0 Å². The molecule has 5 nitrogen and oxygen atoms in total. The second kappa shape index (κ2) is 6.92. The van der Waals surface area contributed by atoms with Crippen LogP contribution in [-0.4, -0.2) is 45.7 Å². The van der Waals surface area contributed by atoms with Crippen molar-refractivity contribution in [1.29, 1.82) is 0 Å². The Hall–Kier alpha value is -1.30. The van der Waals surface area contributed by atoms with Crippen molar-refractivity contribution in [3.05, 3.63) is 23.8 Å². The molecule has 0 aromatic heterocycles. The molecular weight excluding hydrogens is 258 g/mol. The Morgan fingerprint density at radius 2 is 2.00 bits per heavy atom. The molecule has 0 radical (unpaired) electrons. The first-order valence-electron chi connectivity index (χ1n) is 6.83. The molecule has 112 valence electrons. The summed E-state index contributed by atoms with van der Waals surface area (Å²) >= 11 is 0. The van der Waals surface area contributed by atoms with E-state index in [1.807, 2.05) is 25.1 Å². The Labute approximate surface area is 120 Å². The highest BCUT2D eigenvalue weighted by atomic mass is 16.6. The summed E-state index contributed by atoms with van der Waals surface area (Å²) in [5.41, 5.74) is 7.10. The monoisotopic (exact) mass is 281 g/mol. The van der Waals surface area contributed by atoms with E-state index >= 15 is 0 Å². The van der Waals surface area contributed by atoms with Gasteiger partial charge in [0.25, 0.3) is 0 Å². The highest BCUT2D eigenvalue weighted by Gasteiger charge is 2.41. The second-order valence-electron chi connectivity index (χ2n) is 5.04. The van der Waals surface area contributed by atoms with Gasteiger partial charge in [-0.25, -0.2) is 0 Å². The van der Waals surface area contributed by atoms with Gasteiger partial charge in [-0.3, -0.25) is 0 Å². The van der Waals surface area contributed by atoms with E-state index in [2.05, 4.69) is 0 Å². The van der Waals surface area contributed by atoms with Gasteiger partial charge < -0.3 is 24.7 Å². The normalized spacial score (nSPS) is 25.1. The molecule has 1 fully saturated rings. The number of hydrogen-bond acceptors (Lipinski definition) is 5. The summed E-state index contributed by atoms with van der Waals surface area (Å²) in [5.74, 6) is 1.47. The van der Waals surface area contributed by atoms with Crippen LogP contribution in [0.15, 0.2) is 18.2 Å². The lowest BCUT2D eigenvalue weighted by molar-refractivity contribution is -0.107. The average Bonchev–Trinajstić information content (AvgIpc) is 2.44. The first-order valence-corrected chi connectivity index (χ1v) is 6.83. The topological polar surface area (TPSA) is 62.9 Å². The Morgan fingerprint density at radius 3 is 2.65 bits per heavy atom. The van der Waals surface area contributed by atoms with Crippen LogP contribution in [0.2, 0.25) is 0 Å². The van der Waals surface area contributed by atoms with E-state index < -0.39 is 0 Å². The fourth-order valence-corrected chi connectivity index (χ4v) is 2.27. The second-order valence-corrected chi connectivity index (χ2v) is 5.04. The van der Waals surface area contributed by atoms with Crippen LogP contribution in [-0.2, 0) is 9.47 Å². The number of ether oxygens (including phenoxy) is 4. The number of methoxy groups -OCH3 is 2. The molecule has 1 aromatic rings. The van der Waals surface area contributed by atoms with Crippen molar-refractivity contribution in [3.63, 3.8) is 0 Å². The molecule has 2 N–H and O–H groups in total. The molecule has 1 aliphatic rings. The standard InChI is InChI=1S/C15H23NO4/c1-10-4-5-12(13(8-10)18-3)20-14-9-11(16)15(14)19-7-6-17-2/h4-5,8,11,14-15H,6-7,9,16H2,1-3H3. The van der Waals surface area contributed by atoms with Crippen LogP contribution in [0.25, 0.3) is 0 Å². The molecule has 3 unspecified atom stereocenters. The van der Waals surface area contributed by atoms with E-state index in [0.717, 1.165) is 23.5 Å². The third-order valence-electron chi connectivity index (χ3n) is 3.49. The van der Waals surface area contributed by atoms with Crippen molar-refractivity contribution < 1.29 is 18.9 Å². The maximum atomic E-state index is 5.97. The number of nitrogens with two attached hydrogens (primary N) is 1. The predicted molar refractivity (Wildman–Crippen MR) is 76.4 cm³/mol. The third-order valence-corrected chi connectivity index (χ3v) is 3.49. The predicted octanol–water partition coefficient (Wildman–Crippen LogP) is 1.51. The average molecular weight is 281 g/mol. The van der Waals surface area contributed by atoms with E-state index in [-0.39, 0.29) is 18.2 Å². The number of benzene rings is 1. The van der Waals surface area contributed by atoms with E-state index in [1.165, 1.54) is 0 Å². The fourth-order valence-electron chi connectivity index (χ4n) is 2.27. The number of rotatable bonds is 7. The van der Waals surface area contributed by atoms with Gasteiger partial charge in [-0.2, -0.15) is 0 Å². The van der Waals surface area contributed by atoms with Crippen LogP contribution in [0.4, 0.5) is 0 Å². The van der Waals surface area contributed by atoms with Crippen LogP contribution in [0.3, 0.4) is 0 Å². The highest BCUT2D eigenvalue weighted by Crippen LogP contribution is 2.33. The Bertz CT molecular complexity index is 438. The molecule has 3 atom stereocenters. The first kappa shape index (κ1) is 15.1. The summed E-state index contributed by atoms with van der Waals surface area (Å²) in [6.07, 6.45) is 0.670. The summed E-state index contributed by atoms with van der Waals surface area (Å²) in [6.45, 7) is 3.10. The minimum atomic E-state index is -0.0869. The molecule has 1 aliphatic carbocycles. The zero-order valence-electron chi connectivity index (χ0n) is 12.3. The molecule has 0 aliphatic heterocycles. The van der Waals surface area contributed by atoms with E-state index in [9.17, 15) is 0 Å². The van der Waals surface area contributed by atoms with E-state index in [4.69, 9.17) is 24.7 Å². The van der Waals surface area contributed by atoms with Crippen molar-refractivity contribution in [2.24, 2.45) is 5.73 Å². The Morgan fingerprint density at radius 1 is 1.20 bits per heavy atom. The summed E-state index contributed by atoms with van der Waals surface area (Å²) in [5, 5.41) is 0. The van der Waals surface area contributed by atoms with Crippen LogP contribution in [0.5, 0.6) is 11.5 Å². The molecule has 1 saturated carbocycles. The maximum absolute atomic E-state index is 5.97. The minimum Gasteiger partial charge on any atom is -0.493 e. The lowest BCUT2D eigenvalue weighted by Gasteiger charge is -2.41. The van der Waals surface area contributed by atoms with E-state index in [0.29, 0.717) is 13.2 Å². The van der Waals surface area contributed by atoms with Crippen molar-refractivity contribution in [2.75, 3.05) is 27.4 Å². The maximum Gasteiger partial charge on any atom is 0.161 e. The fraction of sp³-hybridized carbons (Fsp3) is 0.600. The highest BCUT2D eigenvalue weighted by molar-refractivity contribution is 5.42. The van der Waals surface area contributed by atoms with Gasteiger partial charge in [-0.05, 0) is 24.6 Å². The molecule has 20 heavy (non-hydrogen) atoms. The third kappa shape index (κ3) is 3.42. The lowest BCUT2D eigenvalue weighted by atomic mass is 9.86. The van der Waals surface area contributed by atoms with Gasteiger partial charge >= 0.3 is 0 Å². The molecular formula is C15H23NO4. The smallest absolute Gasteiger partial charge is 0.161 e. The van der Waals surface area contributed by atoms with Gasteiger partial charge in [-0.15, -0.1) is 0 Å². The first-order chi connectivity index (χ1) is 9.65. The summed E-state index contributed by atoms with van der Waals surface area (Å²) in [4.78, 5) is 0. The van der Waals surface area contributed by atoms with Gasteiger partial charge in [0.15, 0.2) is 11.5 Å². The van der Waals surface area contributed by atoms with Gasteiger partial charge in [0, 0.05) is 19.6 Å². The van der Waals surface area contributed by atoms with Crippen molar-refractivity contribution in [2.45, 2.75) is 31.6 Å².